The van der Waals surface area contributed by atoms with E-state index in [1.165, 1.54) is 6.07 Å². The second kappa shape index (κ2) is 9.19. The van der Waals surface area contributed by atoms with E-state index in [1.807, 2.05) is 0 Å². The van der Waals surface area contributed by atoms with Crippen LogP contribution in [-0.4, -0.2) is 11.0 Å². The monoisotopic (exact) mass is 552 g/mol. The summed E-state index contributed by atoms with van der Waals surface area (Å²) in [5.74, 6) is -1.24. The number of carbonyl (C=O) groups excluding carboxylic acids is 1. The third-order valence-corrected chi connectivity index (χ3v) is 5.82. The van der Waals surface area contributed by atoms with Crippen LogP contribution in [0.1, 0.15) is 27.4 Å². The number of anilines is 1. The summed E-state index contributed by atoms with van der Waals surface area (Å²) < 4.78 is 1.03. The largest absolute Gasteiger partial charge is 0.506 e. The molecule has 1 unspecified atom stereocenters. The Labute approximate surface area is 194 Å². The van der Waals surface area contributed by atoms with Crippen LogP contribution in [-0.2, 0) is 0 Å². The average molecular weight is 555 g/mol. The van der Waals surface area contributed by atoms with Crippen LogP contribution in [0.15, 0.2) is 63.5 Å². The van der Waals surface area contributed by atoms with E-state index in [0.29, 0.717) is 30.2 Å². The van der Waals surface area contributed by atoms with Gasteiger partial charge in [-0.3, -0.25) is 4.79 Å². The molecule has 0 bridgehead atoms. The Morgan fingerprint density at radius 3 is 2.38 bits per heavy atom. The number of hydrogen-bond donors (Lipinski definition) is 2. The van der Waals surface area contributed by atoms with Crippen molar-refractivity contribution in [3.05, 3.63) is 90.3 Å². The maximum atomic E-state index is 12.6. The quantitative estimate of drug-likeness (QED) is 0.360. The van der Waals surface area contributed by atoms with Crippen molar-refractivity contribution in [2.24, 2.45) is 0 Å². The zero-order valence-electron chi connectivity index (χ0n) is 14.6. The summed E-state index contributed by atoms with van der Waals surface area (Å²) in [4.78, 5) is 12.6. The van der Waals surface area contributed by atoms with Crippen LogP contribution >= 0.6 is 55.1 Å². The lowest BCUT2D eigenvalue weighted by Gasteiger charge is -2.14. The predicted octanol–water partition coefficient (Wildman–Crippen LogP) is 7.13. The Kier molecular flexibility index (Phi) is 6.86. The molecule has 0 saturated carbocycles. The number of nitriles is 1. The van der Waals surface area contributed by atoms with Crippen molar-refractivity contribution in [3.63, 3.8) is 0 Å². The zero-order chi connectivity index (χ0) is 21.1. The second-order valence-electron chi connectivity index (χ2n) is 6.09. The molecule has 3 aromatic carbocycles. The number of rotatable bonds is 4. The number of amides is 1. The molecule has 3 aromatic rings. The Balaban J connectivity index is 1.87. The minimum Gasteiger partial charge on any atom is -0.506 e. The predicted molar refractivity (Wildman–Crippen MR) is 122 cm³/mol. The van der Waals surface area contributed by atoms with Crippen molar-refractivity contribution >= 4 is 66.7 Å². The fourth-order valence-corrected chi connectivity index (χ4v) is 4.40. The summed E-state index contributed by atoms with van der Waals surface area (Å²) >= 11 is 18.8. The molecule has 0 radical (unpaired) electrons. The highest BCUT2D eigenvalue weighted by Crippen LogP contribution is 2.34. The molecule has 0 aromatic heterocycles. The van der Waals surface area contributed by atoms with Crippen molar-refractivity contribution in [2.45, 2.75) is 5.92 Å². The maximum absolute atomic E-state index is 12.6. The standard InChI is InChI=1S/C21H12Br2Cl2N2O2/c22-12-7-16(20(28)18(23)8-12)21(29)27-14-5-6-15(19(25)9-14)17(10-26)11-1-3-13(24)4-2-11/h1-9,17,28H,(H,27,29). The number of carbonyl (C=O) groups is 1. The highest BCUT2D eigenvalue weighted by Gasteiger charge is 2.19. The first-order chi connectivity index (χ1) is 13.8. The maximum Gasteiger partial charge on any atom is 0.259 e. The molecule has 0 aliphatic heterocycles. The molecular formula is C21H12Br2Cl2N2O2. The Hall–Kier alpha value is -2.04. The Bertz CT molecular complexity index is 1130. The van der Waals surface area contributed by atoms with Crippen LogP contribution in [0.4, 0.5) is 5.69 Å². The molecule has 29 heavy (non-hydrogen) atoms. The summed E-state index contributed by atoms with van der Waals surface area (Å²) in [5.41, 5.74) is 1.91. The zero-order valence-corrected chi connectivity index (χ0v) is 19.3. The molecule has 0 spiro atoms. The normalized spacial score (nSPS) is 11.6. The summed E-state index contributed by atoms with van der Waals surface area (Å²) in [6, 6.07) is 17.3. The molecular weight excluding hydrogens is 543 g/mol. The molecule has 0 saturated heterocycles. The van der Waals surface area contributed by atoms with E-state index in [2.05, 4.69) is 43.2 Å². The molecule has 1 atom stereocenters. The molecule has 0 fully saturated rings. The van der Waals surface area contributed by atoms with Crippen LogP contribution in [0, 0.1) is 11.3 Å². The first-order valence-electron chi connectivity index (χ1n) is 8.24. The van der Waals surface area contributed by atoms with Crippen LogP contribution in [0.3, 0.4) is 0 Å². The van der Waals surface area contributed by atoms with Crippen LogP contribution in [0.5, 0.6) is 5.75 Å². The highest BCUT2D eigenvalue weighted by atomic mass is 79.9. The first kappa shape index (κ1) is 21.7. The number of nitrogens with one attached hydrogen (secondary N) is 1. The third-order valence-electron chi connectivity index (χ3n) is 4.17. The molecule has 8 heteroatoms. The summed E-state index contributed by atoms with van der Waals surface area (Å²) in [6.45, 7) is 0. The van der Waals surface area contributed by atoms with Gasteiger partial charge in [0.05, 0.1) is 22.0 Å². The van der Waals surface area contributed by atoms with Gasteiger partial charge < -0.3 is 10.4 Å². The van der Waals surface area contributed by atoms with Gasteiger partial charge in [0.25, 0.3) is 5.91 Å². The van der Waals surface area contributed by atoms with Gasteiger partial charge in [0.2, 0.25) is 0 Å². The lowest BCUT2D eigenvalue weighted by atomic mass is 9.92. The van der Waals surface area contributed by atoms with Crippen LogP contribution in [0.25, 0.3) is 0 Å². The molecule has 0 aliphatic carbocycles. The minimum absolute atomic E-state index is 0.0996. The fourth-order valence-electron chi connectivity index (χ4n) is 2.76. The number of benzene rings is 3. The Morgan fingerprint density at radius 1 is 1.07 bits per heavy atom. The van der Waals surface area contributed by atoms with Crippen LogP contribution < -0.4 is 5.32 Å². The molecule has 3 rings (SSSR count). The third kappa shape index (κ3) is 4.93. The lowest BCUT2D eigenvalue weighted by molar-refractivity contribution is 0.102. The lowest BCUT2D eigenvalue weighted by Crippen LogP contribution is -2.12. The van der Waals surface area contributed by atoms with Gasteiger partial charge in [-0.1, -0.05) is 57.3 Å². The van der Waals surface area contributed by atoms with Gasteiger partial charge in [0.1, 0.15) is 5.75 Å². The first-order valence-corrected chi connectivity index (χ1v) is 10.6. The smallest absolute Gasteiger partial charge is 0.259 e. The van der Waals surface area contributed by atoms with Crippen molar-refractivity contribution in [1.82, 2.24) is 0 Å². The number of phenols is 1. The van der Waals surface area contributed by atoms with Crippen molar-refractivity contribution in [1.29, 1.82) is 5.26 Å². The topological polar surface area (TPSA) is 73.1 Å². The van der Waals surface area contributed by atoms with Crippen molar-refractivity contribution in [3.8, 4) is 11.8 Å². The van der Waals surface area contributed by atoms with Gasteiger partial charge in [-0.05, 0) is 63.5 Å². The van der Waals surface area contributed by atoms with Gasteiger partial charge in [-0.2, -0.15) is 5.26 Å². The Morgan fingerprint density at radius 2 is 1.76 bits per heavy atom. The van der Waals surface area contributed by atoms with Crippen LogP contribution in [0.2, 0.25) is 10.0 Å². The van der Waals surface area contributed by atoms with Gasteiger partial charge in [-0.25, -0.2) is 0 Å². The molecule has 0 heterocycles. The minimum atomic E-state index is -0.574. The van der Waals surface area contributed by atoms with E-state index in [9.17, 15) is 15.2 Å². The van der Waals surface area contributed by atoms with Gasteiger partial charge in [-0.15, -0.1) is 0 Å². The second-order valence-corrected chi connectivity index (χ2v) is 8.70. The van der Waals surface area contributed by atoms with Gasteiger partial charge in [0.15, 0.2) is 0 Å². The fraction of sp³-hybridized carbons (Fsp3) is 0.0476. The molecule has 4 nitrogen and oxygen atoms in total. The SMILES string of the molecule is N#CC(c1ccc(Cl)cc1)c1ccc(NC(=O)c2cc(Br)cc(Br)c2O)cc1Cl. The van der Waals surface area contributed by atoms with E-state index in [-0.39, 0.29) is 11.3 Å². The van der Waals surface area contributed by atoms with Crippen molar-refractivity contribution in [2.75, 3.05) is 5.32 Å². The highest BCUT2D eigenvalue weighted by molar-refractivity contribution is 9.11. The number of aromatic hydroxyl groups is 1. The molecule has 0 aliphatic rings. The van der Waals surface area contributed by atoms with Gasteiger partial charge >= 0.3 is 0 Å². The molecule has 2 N–H and O–H groups in total. The number of nitrogens with zero attached hydrogens (tertiary/aromatic N) is 1. The molecule has 146 valence electrons. The number of hydrogen-bond acceptors (Lipinski definition) is 3. The van der Waals surface area contributed by atoms with E-state index in [1.54, 1.807) is 48.5 Å². The van der Waals surface area contributed by atoms with E-state index >= 15 is 0 Å². The van der Waals surface area contributed by atoms with E-state index in [0.717, 1.165) is 5.56 Å². The van der Waals surface area contributed by atoms with Gasteiger partial charge in [0, 0.05) is 20.2 Å². The summed E-state index contributed by atoms with van der Waals surface area (Å²) in [5, 5.41) is 23.4. The number of halogens is 4. The van der Waals surface area contributed by atoms with Crippen molar-refractivity contribution < 1.29 is 9.90 Å². The number of phenolic OH excluding ortho intramolecular Hbond substituents is 1. The van der Waals surface area contributed by atoms with E-state index < -0.39 is 11.8 Å². The summed E-state index contributed by atoms with van der Waals surface area (Å²) in [7, 11) is 0. The molecule has 1 amide bonds. The van der Waals surface area contributed by atoms with E-state index in [4.69, 9.17) is 23.2 Å². The average Bonchev–Trinajstić information content (AvgIpc) is 2.68. The summed E-state index contributed by atoms with van der Waals surface area (Å²) in [6.07, 6.45) is 0.